The van der Waals surface area contributed by atoms with E-state index in [0.717, 1.165) is 12.8 Å². The Morgan fingerprint density at radius 1 is 1.05 bits per heavy atom. The van der Waals surface area contributed by atoms with Gasteiger partial charge in [-0.3, -0.25) is 0 Å². The highest BCUT2D eigenvalue weighted by Gasteiger charge is 2.06. The van der Waals surface area contributed by atoms with Gasteiger partial charge in [-0.2, -0.15) is 0 Å². The number of aliphatic hydroxyl groups is 1. The lowest BCUT2D eigenvalue weighted by Crippen LogP contribution is -1.92. The summed E-state index contributed by atoms with van der Waals surface area (Å²) in [5, 5.41) is 8.94. The molecule has 106 valence electrons. The van der Waals surface area contributed by atoms with Crippen LogP contribution in [0.5, 0.6) is 11.5 Å². The Morgan fingerprint density at radius 2 is 1.75 bits per heavy atom. The van der Waals surface area contributed by atoms with Gasteiger partial charge in [-0.15, -0.1) is 0 Å². The third-order valence-corrected chi connectivity index (χ3v) is 3.15. The molecular weight excluding hydrogens is 255 g/mol. The highest BCUT2D eigenvalue weighted by Crippen LogP contribution is 2.25. The minimum absolute atomic E-state index is 0.170. The van der Waals surface area contributed by atoms with Crippen LogP contribution >= 0.6 is 0 Å². The Labute approximate surface area is 118 Å². The van der Waals surface area contributed by atoms with E-state index >= 15 is 0 Å². The molecule has 2 aromatic carbocycles. The highest BCUT2D eigenvalue weighted by atomic mass is 19.1. The molecule has 0 atom stereocenters. The summed E-state index contributed by atoms with van der Waals surface area (Å²) in [7, 11) is 0. The summed E-state index contributed by atoms with van der Waals surface area (Å²) in [6.07, 6.45) is 3.38. The zero-order valence-corrected chi connectivity index (χ0v) is 11.6. The lowest BCUT2D eigenvalue weighted by molar-refractivity contribution is 0.281. The van der Waals surface area contributed by atoms with E-state index in [2.05, 4.69) is 6.92 Å². The van der Waals surface area contributed by atoms with Crippen LogP contribution in [0.2, 0.25) is 0 Å². The second-order valence-electron chi connectivity index (χ2n) is 4.77. The van der Waals surface area contributed by atoms with Crippen molar-refractivity contribution < 1.29 is 14.2 Å². The van der Waals surface area contributed by atoms with Crippen LogP contribution in [0.3, 0.4) is 0 Å². The highest BCUT2D eigenvalue weighted by molar-refractivity contribution is 5.35. The van der Waals surface area contributed by atoms with E-state index in [9.17, 15) is 4.39 Å². The smallest absolute Gasteiger partial charge is 0.166 e. The minimum Gasteiger partial charge on any atom is -0.454 e. The van der Waals surface area contributed by atoms with Gasteiger partial charge in [-0.1, -0.05) is 31.5 Å². The fourth-order valence-corrected chi connectivity index (χ4v) is 1.96. The van der Waals surface area contributed by atoms with E-state index in [-0.39, 0.29) is 12.4 Å². The summed E-state index contributed by atoms with van der Waals surface area (Å²) in [4.78, 5) is 0. The summed E-state index contributed by atoms with van der Waals surface area (Å²) >= 11 is 0. The van der Waals surface area contributed by atoms with E-state index in [1.807, 2.05) is 24.3 Å². The maximum atomic E-state index is 13.7. The monoisotopic (exact) mass is 274 g/mol. The number of aliphatic hydroxyl groups excluding tert-OH is 1. The van der Waals surface area contributed by atoms with E-state index in [1.165, 1.54) is 24.1 Å². The number of hydrogen-bond donors (Lipinski definition) is 1. The van der Waals surface area contributed by atoms with Crippen molar-refractivity contribution in [3.05, 3.63) is 59.4 Å². The molecule has 2 nitrogen and oxygen atoms in total. The van der Waals surface area contributed by atoms with Crippen molar-refractivity contribution in [3.8, 4) is 11.5 Å². The lowest BCUT2D eigenvalue weighted by Gasteiger charge is -2.08. The molecule has 0 heterocycles. The second-order valence-corrected chi connectivity index (χ2v) is 4.77. The van der Waals surface area contributed by atoms with Crippen LogP contribution in [0, 0.1) is 5.82 Å². The molecule has 3 heteroatoms. The van der Waals surface area contributed by atoms with Gasteiger partial charge >= 0.3 is 0 Å². The van der Waals surface area contributed by atoms with Gasteiger partial charge in [0.2, 0.25) is 0 Å². The first-order valence-electron chi connectivity index (χ1n) is 6.89. The molecular formula is C17H19FO2. The molecule has 20 heavy (non-hydrogen) atoms. The molecule has 0 unspecified atom stereocenters. The molecule has 0 fully saturated rings. The van der Waals surface area contributed by atoms with Gasteiger partial charge in [0, 0.05) is 0 Å². The number of rotatable bonds is 6. The fraction of sp³-hybridized carbons (Fsp3) is 0.294. The summed E-state index contributed by atoms with van der Waals surface area (Å²) < 4.78 is 19.2. The summed E-state index contributed by atoms with van der Waals surface area (Å²) in [5.74, 6) is 0.316. The largest absolute Gasteiger partial charge is 0.454 e. The van der Waals surface area contributed by atoms with Crippen molar-refractivity contribution >= 4 is 0 Å². The van der Waals surface area contributed by atoms with Crippen molar-refractivity contribution in [2.24, 2.45) is 0 Å². The molecule has 0 amide bonds. The summed E-state index contributed by atoms with van der Waals surface area (Å²) in [6, 6.07) is 12.2. The number of benzene rings is 2. The normalized spacial score (nSPS) is 10.6. The van der Waals surface area contributed by atoms with Gasteiger partial charge < -0.3 is 9.84 Å². The van der Waals surface area contributed by atoms with Gasteiger partial charge in [-0.25, -0.2) is 4.39 Å². The molecule has 2 aromatic rings. The first-order chi connectivity index (χ1) is 9.72. The maximum absolute atomic E-state index is 13.7. The topological polar surface area (TPSA) is 29.5 Å². The van der Waals surface area contributed by atoms with E-state index in [1.54, 1.807) is 6.07 Å². The maximum Gasteiger partial charge on any atom is 0.166 e. The van der Waals surface area contributed by atoms with Crippen molar-refractivity contribution in [3.63, 3.8) is 0 Å². The first kappa shape index (κ1) is 14.5. The number of halogens is 1. The van der Waals surface area contributed by atoms with Crippen LogP contribution in [-0.2, 0) is 13.0 Å². The van der Waals surface area contributed by atoms with Gasteiger partial charge in [0.15, 0.2) is 11.6 Å². The Kier molecular flexibility index (Phi) is 5.13. The molecule has 0 bridgehead atoms. The van der Waals surface area contributed by atoms with Crippen molar-refractivity contribution in [2.45, 2.75) is 32.8 Å². The second kappa shape index (κ2) is 7.06. The zero-order valence-electron chi connectivity index (χ0n) is 11.6. The van der Waals surface area contributed by atoms with E-state index in [0.29, 0.717) is 11.3 Å². The average molecular weight is 274 g/mol. The van der Waals surface area contributed by atoms with Gasteiger partial charge in [-0.05, 0) is 48.2 Å². The first-order valence-corrected chi connectivity index (χ1v) is 6.89. The third kappa shape index (κ3) is 3.81. The number of aryl methyl sites for hydroxylation is 1. The molecule has 0 aliphatic rings. The Bertz CT molecular complexity index is 549. The predicted molar refractivity (Wildman–Crippen MR) is 77.5 cm³/mol. The molecule has 0 aromatic heterocycles. The molecule has 1 N–H and O–H groups in total. The van der Waals surface area contributed by atoms with Crippen LogP contribution < -0.4 is 4.74 Å². The number of ether oxygens (including phenoxy) is 1. The lowest BCUT2D eigenvalue weighted by atomic mass is 10.1. The third-order valence-electron chi connectivity index (χ3n) is 3.15. The molecule has 0 spiro atoms. The van der Waals surface area contributed by atoms with Crippen molar-refractivity contribution in [1.29, 1.82) is 0 Å². The van der Waals surface area contributed by atoms with Crippen molar-refractivity contribution in [1.82, 2.24) is 0 Å². The number of unbranched alkanes of at least 4 members (excludes halogenated alkanes) is 1. The van der Waals surface area contributed by atoms with E-state index in [4.69, 9.17) is 9.84 Å². The zero-order chi connectivity index (χ0) is 14.4. The molecule has 0 saturated carbocycles. The van der Waals surface area contributed by atoms with Crippen LogP contribution in [0.25, 0.3) is 0 Å². The van der Waals surface area contributed by atoms with Gasteiger partial charge in [0.1, 0.15) is 5.75 Å². The van der Waals surface area contributed by atoms with E-state index < -0.39 is 5.82 Å². The Morgan fingerprint density at radius 3 is 2.35 bits per heavy atom. The molecule has 0 saturated heterocycles. The minimum atomic E-state index is -0.466. The standard InChI is InChI=1S/C17H19FO2/c1-2-3-4-13-5-8-15(9-6-13)20-17-10-7-14(12-19)11-16(17)18/h5-11,19H,2-4,12H2,1H3. The quantitative estimate of drug-likeness (QED) is 0.843. The molecule has 0 aliphatic heterocycles. The summed E-state index contributed by atoms with van der Waals surface area (Å²) in [6.45, 7) is 1.99. The summed E-state index contributed by atoms with van der Waals surface area (Å²) in [5.41, 5.74) is 1.79. The van der Waals surface area contributed by atoms with Gasteiger partial charge in [0.25, 0.3) is 0 Å². The molecule has 2 rings (SSSR count). The molecule has 0 aliphatic carbocycles. The number of hydrogen-bond acceptors (Lipinski definition) is 2. The average Bonchev–Trinajstić information content (AvgIpc) is 2.48. The van der Waals surface area contributed by atoms with Crippen LogP contribution in [-0.4, -0.2) is 5.11 Å². The van der Waals surface area contributed by atoms with Crippen LogP contribution in [0.1, 0.15) is 30.9 Å². The van der Waals surface area contributed by atoms with Gasteiger partial charge in [0.05, 0.1) is 6.61 Å². The Balaban J connectivity index is 2.06. The SMILES string of the molecule is CCCCc1ccc(Oc2ccc(CO)cc2F)cc1. The Hall–Kier alpha value is -1.87. The van der Waals surface area contributed by atoms with Crippen molar-refractivity contribution in [2.75, 3.05) is 0 Å². The van der Waals surface area contributed by atoms with Crippen LogP contribution in [0.4, 0.5) is 4.39 Å². The molecule has 0 radical (unpaired) electrons. The van der Waals surface area contributed by atoms with Crippen LogP contribution in [0.15, 0.2) is 42.5 Å². The fourth-order valence-electron chi connectivity index (χ4n) is 1.96. The predicted octanol–water partition coefficient (Wildman–Crippen LogP) is 4.45.